The normalized spacial score (nSPS) is 14.1. The van der Waals surface area contributed by atoms with Crippen molar-refractivity contribution in [1.29, 1.82) is 0 Å². The van der Waals surface area contributed by atoms with Gasteiger partial charge in [-0.2, -0.15) is 0 Å². The first-order chi connectivity index (χ1) is 7.92. The van der Waals surface area contributed by atoms with Crippen LogP contribution in [-0.4, -0.2) is 41.0 Å². The highest BCUT2D eigenvalue weighted by molar-refractivity contribution is 5.78. The number of amides is 1. The first kappa shape index (κ1) is 15.9. The molecule has 0 bridgehead atoms. The summed E-state index contributed by atoms with van der Waals surface area (Å²) in [5, 5.41) is 8.81. The first-order valence-corrected chi connectivity index (χ1v) is 6.18. The van der Waals surface area contributed by atoms with Crippen molar-refractivity contribution in [1.82, 2.24) is 4.90 Å². The largest absolute Gasteiger partial charge is 0.481 e. The van der Waals surface area contributed by atoms with Crippen LogP contribution in [0.1, 0.15) is 40.0 Å². The van der Waals surface area contributed by atoms with Crippen molar-refractivity contribution in [3.63, 3.8) is 0 Å². The third-order valence-corrected chi connectivity index (χ3v) is 2.75. The van der Waals surface area contributed by atoms with Gasteiger partial charge in [0.1, 0.15) is 0 Å². The summed E-state index contributed by atoms with van der Waals surface area (Å²) in [6.45, 7) is 6.25. The van der Waals surface area contributed by atoms with E-state index in [0.29, 0.717) is 13.0 Å². The lowest BCUT2D eigenvalue weighted by molar-refractivity contribution is -0.143. The number of hydrogen-bond acceptors (Lipinski definition) is 3. The minimum absolute atomic E-state index is 0.0541. The summed E-state index contributed by atoms with van der Waals surface area (Å²) in [5.41, 5.74) is 5.80. The fraction of sp³-hybridized carbons (Fsp3) is 0.833. The van der Waals surface area contributed by atoms with Crippen molar-refractivity contribution in [2.75, 3.05) is 13.1 Å². The molecule has 0 aromatic rings. The highest BCUT2D eigenvalue weighted by Crippen LogP contribution is 2.06. The molecule has 17 heavy (non-hydrogen) atoms. The molecule has 100 valence electrons. The van der Waals surface area contributed by atoms with Crippen molar-refractivity contribution in [2.24, 2.45) is 11.7 Å². The van der Waals surface area contributed by atoms with E-state index in [1.54, 1.807) is 11.8 Å². The maximum Gasteiger partial charge on any atom is 0.308 e. The van der Waals surface area contributed by atoms with Crippen LogP contribution in [0.5, 0.6) is 0 Å². The zero-order chi connectivity index (χ0) is 13.4. The molecule has 3 N–H and O–H groups in total. The van der Waals surface area contributed by atoms with Crippen molar-refractivity contribution in [2.45, 2.75) is 46.1 Å². The van der Waals surface area contributed by atoms with Gasteiger partial charge in [-0.05, 0) is 13.3 Å². The third kappa shape index (κ3) is 6.26. The molecule has 0 spiro atoms. The number of nitrogens with two attached hydrogens (primary N) is 1. The standard InChI is InChI=1S/C12H24N2O3/c1-4-6-10(13)7-11(15)14(5-2)8-9(3)12(16)17/h9-10H,4-8,13H2,1-3H3,(H,16,17). The number of carbonyl (C=O) groups excluding carboxylic acids is 1. The maximum atomic E-state index is 11.9. The molecule has 0 aliphatic carbocycles. The predicted molar refractivity (Wildman–Crippen MR) is 66.6 cm³/mol. The van der Waals surface area contributed by atoms with E-state index in [2.05, 4.69) is 0 Å². The van der Waals surface area contributed by atoms with Gasteiger partial charge in [-0.3, -0.25) is 9.59 Å². The Morgan fingerprint density at radius 3 is 2.35 bits per heavy atom. The Morgan fingerprint density at radius 1 is 1.35 bits per heavy atom. The molecular weight excluding hydrogens is 220 g/mol. The zero-order valence-electron chi connectivity index (χ0n) is 11.0. The predicted octanol–water partition coefficient (Wildman–Crippen LogP) is 1.07. The molecule has 2 unspecified atom stereocenters. The van der Waals surface area contributed by atoms with Gasteiger partial charge in [0.15, 0.2) is 0 Å². The summed E-state index contributed by atoms with van der Waals surface area (Å²) >= 11 is 0. The van der Waals surface area contributed by atoms with E-state index >= 15 is 0 Å². The highest BCUT2D eigenvalue weighted by atomic mass is 16.4. The average Bonchev–Trinajstić information content (AvgIpc) is 2.25. The smallest absolute Gasteiger partial charge is 0.308 e. The van der Waals surface area contributed by atoms with Gasteiger partial charge in [0.25, 0.3) is 0 Å². The number of nitrogens with zero attached hydrogens (tertiary/aromatic N) is 1. The Morgan fingerprint density at radius 2 is 1.94 bits per heavy atom. The van der Waals surface area contributed by atoms with Gasteiger partial charge in [0.05, 0.1) is 5.92 Å². The Balaban J connectivity index is 4.25. The maximum absolute atomic E-state index is 11.9. The number of rotatable bonds is 8. The van der Waals surface area contributed by atoms with E-state index in [9.17, 15) is 9.59 Å². The fourth-order valence-electron chi connectivity index (χ4n) is 1.64. The molecular formula is C12H24N2O3. The molecule has 5 heteroatoms. The summed E-state index contributed by atoms with van der Waals surface area (Å²) in [4.78, 5) is 24.2. The lowest BCUT2D eigenvalue weighted by Gasteiger charge is -2.24. The Hall–Kier alpha value is -1.10. The van der Waals surface area contributed by atoms with Gasteiger partial charge in [-0.1, -0.05) is 20.3 Å². The Labute approximate surface area is 103 Å². The SMILES string of the molecule is CCCC(N)CC(=O)N(CC)CC(C)C(=O)O. The molecule has 0 aliphatic rings. The van der Waals surface area contributed by atoms with Crippen LogP contribution < -0.4 is 5.73 Å². The second kappa shape index (κ2) is 8.06. The van der Waals surface area contributed by atoms with E-state index in [0.717, 1.165) is 12.8 Å². The quantitative estimate of drug-likeness (QED) is 0.669. The third-order valence-electron chi connectivity index (χ3n) is 2.75. The van der Waals surface area contributed by atoms with E-state index in [4.69, 9.17) is 10.8 Å². The first-order valence-electron chi connectivity index (χ1n) is 6.18. The monoisotopic (exact) mass is 244 g/mol. The summed E-state index contributed by atoms with van der Waals surface area (Å²) in [6.07, 6.45) is 2.07. The molecule has 0 saturated carbocycles. The van der Waals surface area contributed by atoms with E-state index in [-0.39, 0.29) is 18.5 Å². The minimum Gasteiger partial charge on any atom is -0.481 e. The summed E-state index contributed by atoms with van der Waals surface area (Å²) < 4.78 is 0. The van der Waals surface area contributed by atoms with Crippen molar-refractivity contribution < 1.29 is 14.7 Å². The lowest BCUT2D eigenvalue weighted by Crippen LogP contribution is -2.39. The molecule has 5 nitrogen and oxygen atoms in total. The number of carbonyl (C=O) groups is 2. The minimum atomic E-state index is -0.880. The molecule has 0 fully saturated rings. The second-order valence-electron chi connectivity index (χ2n) is 4.42. The number of carboxylic acid groups (broad SMARTS) is 1. The molecule has 0 aromatic carbocycles. The Kier molecular flexibility index (Phi) is 7.54. The summed E-state index contributed by atoms with van der Waals surface area (Å²) in [7, 11) is 0. The van der Waals surface area contributed by atoms with Gasteiger partial charge in [-0.25, -0.2) is 0 Å². The van der Waals surface area contributed by atoms with Gasteiger partial charge < -0.3 is 15.7 Å². The molecule has 0 saturated heterocycles. The highest BCUT2D eigenvalue weighted by Gasteiger charge is 2.20. The topological polar surface area (TPSA) is 83.6 Å². The van der Waals surface area contributed by atoms with Crippen molar-refractivity contribution >= 4 is 11.9 Å². The summed E-state index contributed by atoms with van der Waals surface area (Å²) in [5.74, 6) is -1.48. The van der Waals surface area contributed by atoms with E-state index in [1.165, 1.54) is 0 Å². The fourth-order valence-corrected chi connectivity index (χ4v) is 1.64. The second-order valence-corrected chi connectivity index (χ2v) is 4.42. The lowest BCUT2D eigenvalue weighted by atomic mass is 10.1. The van der Waals surface area contributed by atoms with Gasteiger partial charge >= 0.3 is 5.97 Å². The van der Waals surface area contributed by atoms with Crippen LogP contribution in [0.25, 0.3) is 0 Å². The van der Waals surface area contributed by atoms with E-state index < -0.39 is 11.9 Å². The molecule has 0 rings (SSSR count). The van der Waals surface area contributed by atoms with Crippen molar-refractivity contribution in [3.8, 4) is 0 Å². The van der Waals surface area contributed by atoms with Crippen LogP contribution in [0.3, 0.4) is 0 Å². The average molecular weight is 244 g/mol. The van der Waals surface area contributed by atoms with Crippen LogP contribution in [0.4, 0.5) is 0 Å². The van der Waals surface area contributed by atoms with Crippen molar-refractivity contribution in [3.05, 3.63) is 0 Å². The Bertz CT molecular complexity index is 256. The van der Waals surface area contributed by atoms with Crippen LogP contribution in [-0.2, 0) is 9.59 Å². The molecule has 2 atom stereocenters. The van der Waals surface area contributed by atoms with E-state index in [1.807, 2.05) is 13.8 Å². The zero-order valence-corrected chi connectivity index (χ0v) is 11.0. The van der Waals surface area contributed by atoms with Crippen LogP contribution in [0.15, 0.2) is 0 Å². The van der Waals surface area contributed by atoms with Crippen LogP contribution >= 0.6 is 0 Å². The van der Waals surface area contributed by atoms with Gasteiger partial charge in [-0.15, -0.1) is 0 Å². The molecule has 0 heterocycles. The number of hydrogen-bond donors (Lipinski definition) is 2. The summed E-state index contributed by atoms with van der Waals surface area (Å²) in [6, 6.07) is -0.123. The molecule has 0 radical (unpaired) electrons. The van der Waals surface area contributed by atoms with Crippen LogP contribution in [0, 0.1) is 5.92 Å². The van der Waals surface area contributed by atoms with Gasteiger partial charge in [0.2, 0.25) is 5.91 Å². The van der Waals surface area contributed by atoms with Gasteiger partial charge in [0, 0.05) is 25.6 Å². The molecule has 0 aliphatic heterocycles. The molecule has 1 amide bonds. The van der Waals surface area contributed by atoms with Crippen LogP contribution in [0.2, 0.25) is 0 Å². The number of carboxylic acids is 1. The molecule has 0 aromatic heterocycles. The number of aliphatic carboxylic acids is 1.